The summed E-state index contributed by atoms with van der Waals surface area (Å²) in [6.07, 6.45) is 6.46. The summed E-state index contributed by atoms with van der Waals surface area (Å²) in [4.78, 5) is 28.4. The minimum Gasteiger partial charge on any atom is -0.494 e. The molecule has 5 aromatic rings. The summed E-state index contributed by atoms with van der Waals surface area (Å²) in [5.74, 6) is 2.67. The van der Waals surface area contributed by atoms with Crippen molar-refractivity contribution in [2.45, 2.75) is 50.4 Å². The maximum atomic E-state index is 13.9. The number of aromatic nitrogens is 4. The van der Waals surface area contributed by atoms with Crippen LogP contribution in [0, 0.1) is 11.8 Å². The first-order valence-corrected chi connectivity index (χ1v) is 16.0. The molecule has 9 heteroatoms. The zero-order valence-electron chi connectivity index (χ0n) is 25.0. The molecule has 5 heterocycles. The van der Waals surface area contributed by atoms with Gasteiger partial charge in [0.25, 0.3) is 5.91 Å². The molecule has 1 amide bonds. The van der Waals surface area contributed by atoms with E-state index in [9.17, 15) is 4.79 Å². The molecule has 0 unspecified atom stereocenters. The second-order valence-electron chi connectivity index (χ2n) is 13.2. The number of nitrogens with two attached hydrogens (primary N) is 1. The second-order valence-corrected chi connectivity index (χ2v) is 13.2. The van der Waals surface area contributed by atoms with Crippen molar-refractivity contribution < 1.29 is 9.53 Å². The van der Waals surface area contributed by atoms with E-state index in [1.165, 1.54) is 18.5 Å². The van der Waals surface area contributed by atoms with Gasteiger partial charge in [-0.15, -0.1) is 0 Å². The number of fused-ring (bicyclic) bond motifs is 4. The third kappa shape index (κ3) is 3.98. The van der Waals surface area contributed by atoms with E-state index < -0.39 is 0 Å². The first-order valence-electron chi connectivity index (χ1n) is 16.0. The zero-order valence-corrected chi connectivity index (χ0v) is 25.0. The Labute approximate surface area is 256 Å². The van der Waals surface area contributed by atoms with E-state index in [1.54, 1.807) is 7.11 Å². The number of piperidine rings is 1. The van der Waals surface area contributed by atoms with Gasteiger partial charge < -0.3 is 29.4 Å². The third-order valence-corrected chi connectivity index (χ3v) is 10.5. The van der Waals surface area contributed by atoms with E-state index >= 15 is 0 Å². The fourth-order valence-electron chi connectivity index (χ4n) is 7.94. The van der Waals surface area contributed by atoms with Crippen LogP contribution in [0.1, 0.15) is 42.1 Å². The maximum Gasteiger partial charge on any atom is 0.254 e. The monoisotopic (exact) mass is 587 g/mol. The van der Waals surface area contributed by atoms with Crippen molar-refractivity contribution >= 4 is 33.7 Å². The van der Waals surface area contributed by atoms with E-state index in [4.69, 9.17) is 20.4 Å². The smallest absolute Gasteiger partial charge is 0.254 e. The number of ether oxygens (including phenoxy) is 1. The molecule has 2 aromatic carbocycles. The first-order chi connectivity index (χ1) is 21.6. The van der Waals surface area contributed by atoms with E-state index in [2.05, 4.69) is 56.5 Å². The number of carbonyl (C=O) groups excluding carboxylic acids is 1. The fourth-order valence-corrected chi connectivity index (χ4v) is 7.94. The molecule has 9 nitrogen and oxygen atoms in total. The van der Waals surface area contributed by atoms with E-state index in [0.29, 0.717) is 23.1 Å². The molecule has 4 aliphatic rings. The van der Waals surface area contributed by atoms with Crippen LogP contribution in [-0.2, 0) is 6.54 Å². The predicted octanol–water partition coefficient (Wildman–Crippen LogP) is 5.09. The number of benzene rings is 2. The largest absolute Gasteiger partial charge is 0.494 e. The van der Waals surface area contributed by atoms with Crippen molar-refractivity contribution in [2.75, 3.05) is 31.6 Å². The summed E-state index contributed by atoms with van der Waals surface area (Å²) >= 11 is 0. The number of methoxy groups -OCH3 is 1. The van der Waals surface area contributed by atoms with Gasteiger partial charge in [0.15, 0.2) is 5.82 Å². The molecule has 4 fully saturated rings. The topological polar surface area (TPSA) is 94.4 Å². The van der Waals surface area contributed by atoms with Crippen molar-refractivity contribution in [1.82, 2.24) is 24.0 Å². The molecule has 2 saturated carbocycles. The number of imidazole rings is 1. The second kappa shape index (κ2) is 9.82. The third-order valence-electron chi connectivity index (χ3n) is 10.5. The molecule has 44 heavy (non-hydrogen) atoms. The van der Waals surface area contributed by atoms with Crippen LogP contribution in [-0.4, -0.2) is 68.7 Å². The molecule has 3 atom stereocenters. The fraction of sp³-hybridized carbons (Fsp3) is 0.400. The highest BCUT2D eigenvalue weighted by molar-refractivity contribution is 6.00. The van der Waals surface area contributed by atoms with Crippen LogP contribution in [0.15, 0.2) is 66.9 Å². The van der Waals surface area contributed by atoms with Gasteiger partial charge in [-0.1, -0.05) is 18.2 Å². The highest BCUT2D eigenvalue weighted by atomic mass is 16.5. The van der Waals surface area contributed by atoms with Gasteiger partial charge in [0, 0.05) is 61.1 Å². The summed E-state index contributed by atoms with van der Waals surface area (Å²) in [6, 6.07) is 21.2. The molecule has 9 rings (SSSR count). The minimum absolute atomic E-state index is 0.0230. The van der Waals surface area contributed by atoms with Gasteiger partial charge in [0.05, 0.1) is 24.4 Å². The summed E-state index contributed by atoms with van der Waals surface area (Å²) < 4.78 is 10.8. The summed E-state index contributed by atoms with van der Waals surface area (Å²) in [5, 5.41) is 1.12. The molecule has 0 radical (unpaired) electrons. The van der Waals surface area contributed by atoms with Crippen LogP contribution < -0.4 is 15.4 Å². The molecule has 2 saturated heterocycles. The molecular formula is C35H37N7O2. The lowest BCUT2D eigenvalue weighted by atomic mass is 10.1. The lowest BCUT2D eigenvalue weighted by Gasteiger charge is -2.42. The van der Waals surface area contributed by atoms with Crippen LogP contribution in [0.5, 0.6) is 5.75 Å². The number of para-hydroxylation sites is 1. The number of hydrogen-bond donors (Lipinski definition) is 1. The molecule has 2 aliphatic heterocycles. The Hall–Kier alpha value is -4.37. The van der Waals surface area contributed by atoms with Crippen LogP contribution in [0.2, 0.25) is 0 Å². The van der Waals surface area contributed by atoms with E-state index in [1.807, 2.05) is 29.3 Å². The van der Waals surface area contributed by atoms with Crippen molar-refractivity contribution in [3.8, 4) is 17.3 Å². The van der Waals surface area contributed by atoms with Crippen LogP contribution in [0.4, 0.5) is 5.69 Å². The number of anilines is 1. The van der Waals surface area contributed by atoms with Gasteiger partial charge in [-0.3, -0.25) is 4.79 Å². The number of nitrogens with zero attached hydrogens (tertiary/aromatic N) is 6. The molecule has 2 N–H and O–H groups in total. The Balaban J connectivity index is 1.19. The molecular weight excluding hydrogens is 550 g/mol. The molecule has 0 spiro atoms. The van der Waals surface area contributed by atoms with Gasteiger partial charge in [-0.25, -0.2) is 9.97 Å². The summed E-state index contributed by atoms with van der Waals surface area (Å²) in [5.41, 5.74) is 12.1. The van der Waals surface area contributed by atoms with Crippen LogP contribution in [0.3, 0.4) is 0 Å². The van der Waals surface area contributed by atoms with Crippen LogP contribution in [0.25, 0.3) is 33.6 Å². The van der Waals surface area contributed by atoms with Crippen molar-refractivity contribution in [1.29, 1.82) is 0 Å². The molecule has 2 aliphatic carbocycles. The highest BCUT2D eigenvalue weighted by Gasteiger charge is 2.47. The molecule has 3 aromatic heterocycles. The predicted molar refractivity (Wildman–Crippen MR) is 171 cm³/mol. The Morgan fingerprint density at radius 1 is 1.00 bits per heavy atom. The molecule has 2 bridgehead atoms. The van der Waals surface area contributed by atoms with Gasteiger partial charge in [0.1, 0.15) is 16.9 Å². The number of rotatable bonds is 7. The minimum atomic E-state index is 0.0230. The van der Waals surface area contributed by atoms with Gasteiger partial charge in [-0.05, 0) is 80.0 Å². The zero-order chi connectivity index (χ0) is 29.5. The number of hydrogen-bond acceptors (Lipinski definition) is 6. The Bertz CT molecular complexity index is 1900. The van der Waals surface area contributed by atoms with E-state index in [-0.39, 0.29) is 24.0 Å². The average Bonchev–Trinajstić information content (AvgIpc) is 3.38. The number of likely N-dealkylation sites (tertiary alicyclic amines) is 1. The van der Waals surface area contributed by atoms with Crippen molar-refractivity contribution in [3.05, 3.63) is 72.4 Å². The lowest BCUT2D eigenvalue weighted by molar-refractivity contribution is 0.0700. The Kier molecular flexibility index (Phi) is 5.82. The normalized spacial score (nSPS) is 23.2. The molecule has 224 valence electrons. The SMILES string of the molecule is COc1cc(C(=O)N2C[C@H]3CC[C@@H]2[C@@H]3N)cc2nc(-c3cc4cccnc4n3CC3CC3)n(C3CN(c4ccccc4)C3)c12. The number of carbonyl (C=O) groups is 1. The van der Waals surface area contributed by atoms with E-state index in [0.717, 1.165) is 72.6 Å². The first kappa shape index (κ1) is 26.1. The maximum absolute atomic E-state index is 13.9. The summed E-state index contributed by atoms with van der Waals surface area (Å²) in [7, 11) is 1.69. The summed E-state index contributed by atoms with van der Waals surface area (Å²) in [6.45, 7) is 3.39. The van der Waals surface area contributed by atoms with Gasteiger partial charge in [-0.2, -0.15) is 0 Å². The Morgan fingerprint density at radius 3 is 2.57 bits per heavy atom. The average molecular weight is 588 g/mol. The van der Waals surface area contributed by atoms with Crippen LogP contribution >= 0.6 is 0 Å². The van der Waals surface area contributed by atoms with Crippen molar-refractivity contribution in [2.24, 2.45) is 17.6 Å². The van der Waals surface area contributed by atoms with Crippen molar-refractivity contribution in [3.63, 3.8) is 0 Å². The highest BCUT2D eigenvalue weighted by Crippen LogP contribution is 2.43. The van der Waals surface area contributed by atoms with Gasteiger partial charge in [0.2, 0.25) is 0 Å². The van der Waals surface area contributed by atoms with Gasteiger partial charge >= 0.3 is 0 Å². The Morgan fingerprint density at radius 2 is 1.84 bits per heavy atom. The number of pyridine rings is 1. The quantitative estimate of drug-likeness (QED) is 0.285. The lowest BCUT2D eigenvalue weighted by Crippen LogP contribution is -2.48. The number of amides is 1. The standard InChI is InChI=1S/C35H37N7O2/c1-44-30-16-24(35(43)41-18-23-11-12-28(41)31(23)36)14-27-32(30)42(26-19-39(20-26)25-7-3-2-4-8-25)34(38-27)29-15-22-6-5-13-37-33(22)40(29)17-21-9-10-21/h2-8,13-16,21,23,26,28,31H,9-12,17-20,36H2,1H3/t23-,28-,31-/m1/s1.